The molecular formula is C29H32N6O5. The van der Waals surface area contributed by atoms with E-state index in [2.05, 4.69) is 45.2 Å². The topological polar surface area (TPSA) is 119 Å². The van der Waals surface area contributed by atoms with Gasteiger partial charge in [0, 0.05) is 37.7 Å². The molecule has 1 aromatic carbocycles. The number of ether oxygens (including phenoxy) is 4. The number of nitrogens with one attached hydrogen (secondary N) is 3. The van der Waals surface area contributed by atoms with Crippen LogP contribution in [0.5, 0.6) is 11.6 Å². The molecule has 11 nitrogen and oxygen atoms in total. The molecule has 3 aromatic rings. The standard InChI is InChI=1S/C29H32N6O5/c36-25-17-37-23-9-10-24(33-27(23)34-25)35-18-29(39-28(35)40-29)11-13-31-15-19-4-1-5-20(14-19)22-7-2-8-26(32-22)38-21-6-3-12-30-16-21/h1-2,4-5,7-10,14,21,28,30-31H,3,6,11-13,15-18H2,(H,33,34,36). The molecule has 1 unspecified atom stereocenters. The molecule has 0 aliphatic carbocycles. The van der Waals surface area contributed by atoms with Gasteiger partial charge in [-0.3, -0.25) is 4.79 Å². The lowest BCUT2D eigenvalue weighted by atomic mass is 10.1. The van der Waals surface area contributed by atoms with Crippen LogP contribution in [0.15, 0.2) is 54.6 Å². The molecule has 8 rings (SSSR count). The highest BCUT2D eigenvalue weighted by molar-refractivity contribution is 5.94. The van der Waals surface area contributed by atoms with Crippen LogP contribution < -0.4 is 30.3 Å². The zero-order valence-electron chi connectivity index (χ0n) is 22.1. The minimum atomic E-state index is -0.658. The van der Waals surface area contributed by atoms with Crippen LogP contribution in [0.2, 0.25) is 0 Å². The minimum Gasteiger partial charge on any atom is -0.480 e. The van der Waals surface area contributed by atoms with Crippen molar-refractivity contribution in [2.45, 2.75) is 44.1 Å². The second-order valence-corrected chi connectivity index (χ2v) is 10.5. The van der Waals surface area contributed by atoms with Crippen molar-refractivity contribution in [2.75, 3.05) is 43.0 Å². The molecule has 11 heteroatoms. The number of rotatable bonds is 9. The van der Waals surface area contributed by atoms with Gasteiger partial charge in [-0.2, -0.15) is 0 Å². The largest absolute Gasteiger partial charge is 0.480 e. The Kier molecular flexibility index (Phi) is 6.72. The van der Waals surface area contributed by atoms with Crippen LogP contribution in [-0.2, 0) is 20.8 Å². The summed E-state index contributed by atoms with van der Waals surface area (Å²) in [5.74, 6) is 1.46. The van der Waals surface area contributed by atoms with Gasteiger partial charge in [-0.05, 0) is 49.2 Å². The fraction of sp³-hybridized carbons (Fsp3) is 0.414. The lowest BCUT2D eigenvalue weighted by Crippen LogP contribution is -2.49. The Morgan fingerprint density at radius 3 is 2.95 bits per heavy atom. The first-order valence-electron chi connectivity index (χ1n) is 13.8. The molecule has 4 fully saturated rings. The van der Waals surface area contributed by atoms with Gasteiger partial charge >= 0.3 is 0 Å². The van der Waals surface area contributed by atoms with E-state index in [1.165, 1.54) is 5.56 Å². The third-order valence-corrected chi connectivity index (χ3v) is 7.55. The number of hydrogen-bond acceptors (Lipinski definition) is 10. The Balaban J connectivity index is 0.917. The van der Waals surface area contributed by atoms with Crippen LogP contribution in [0.1, 0.15) is 24.8 Å². The lowest BCUT2D eigenvalue weighted by molar-refractivity contribution is -0.405. The van der Waals surface area contributed by atoms with Gasteiger partial charge in [0.2, 0.25) is 12.3 Å². The first-order valence-corrected chi connectivity index (χ1v) is 13.8. The van der Waals surface area contributed by atoms with E-state index in [9.17, 15) is 4.79 Å². The summed E-state index contributed by atoms with van der Waals surface area (Å²) in [6, 6.07) is 18.0. The van der Waals surface area contributed by atoms with Crippen molar-refractivity contribution in [3.63, 3.8) is 0 Å². The fourth-order valence-electron chi connectivity index (χ4n) is 5.50. The highest BCUT2D eigenvalue weighted by Gasteiger charge is 2.58. The smallest absolute Gasteiger partial charge is 0.263 e. The summed E-state index contributed by atoms with van der Waals surface area (Å²) >= 11 is 0. The van der Waals surface area contributed by atoms with E-state index in [4.69, 9.17) is 23.9 Å². The van der Waals surface area contributed by atoms with Crippen molar-refractivity contribution >= 4 is 17.5 Å². The van der Waals surface area contributed by atoms with Gasteiger partial charge in [0.25, 0.3) is 5.91 Å². The first-order chi connectivity index (χ1) is 19.6. The second-order valence-electron chi connectivity index (χ2n) is 10.5. The van der Waals surface area contributed by atoms with Gasteiger partial charge in [0.15, 0.2) is 24.0 Å². The Morgan fingerprint density at radius 1 is 1.12 bits per heavy atom. The van der Waals surface area contributed by atoms with Crippen LogP contribution in [0.4, 0.5) is 11.6 Å². The molecular weight excluding hydrogens is 512 g/mol. The molecule has 2 aromatic heterocycles. The average Bonchev–Trinajstić information content (AvgIpc) is 3.52. The van der Waals surface area contributed by atoms with Gasteiger partial charge in [-0.15, -0.1) is 0 Å². The normalized spacial score (nSPS) is 25.0. The number of carbonyl (C=O) groups excluding carboxylic acids is 1. The maximum Gasteiger partial charge on any atom is 0.263 e. The van der Waals surface area contributed by atoms with Crippen LogP contribution >= 0.6 is 0 Å². The molecule has 0 spiro atoms. The molecule has 40 heavy (non-hydrogen) atoms. The Morgan fingerprint density at radius 2 is 2.05 bits per heavy atom. The predicted octanol–water partition coefficient (Wildman–Crippen LogP) is 2.63. The molecule has 2 bridgehead atoms. The summed E-state index contributed by atoms with van der Waals surface area (Å²) in [5, 5.41) is 9.64. The van der Waals surface area contributed by atoms with Gasteiger partial charge in [-0.25, -0.2) is 9.97 Å². The Labute approximate surface area is 232 Å². The molecule has 1 amide bonds. The monoisotopic (exact) mass is 544 g/mol. The van der Waals surface area contributed by atoms with Crippen LogP contribution in [-0.4, -0.2) is 67.0 Å². The molecule has 7 heterocycles. The SMILES string of the molecule is O=C1COc2ccc(N3CC4(CCNCc5cccc(-c6cccc(OC7CCCNC7)n6)c5)OC3O4)nc2N1. The number of carbonyl (C=O) groups is 1. The average molecular weight is 545 g/mol. The number of aromatic nitrogens is 2. The third-order valence-electron chi connectivity index (χ3n) is 7.55. The Bertz CT molecular complexity index is 1390. The summed E-state index contributed by atoms with van der Waals surface area (Å²) in [4.78, 5) is 22.9. The van der Waals surface area contributed by atoms with Crippen molar-refractivity contribution in [3.05, 3.63) is 60.2 Å². The lowest BCUT2D eigenvalue weighted by Gasteiger charge is -2.37. The minimum absolute atomic E-state index is 0.00447. The van der Waals surface area contributed by atoms with E-state index >= 15 is 0 Å². The number of pyridine rings is 2. The third kappa shape index (κ3) is 5.20. The highest BCUT2D eigenvalue weighted by Crippen LogP contribution is 2.45. The zero-order valence-corrected chi connectivity index (χ0v) is 22.1. The highest BCUT2D eigenvalue weighted by atomic mass is 16.9. The maximum absolute atomic E-state index is 11.6. The second kappa shape index (κ2) is 10.7. The van der Waals surface area contributed by atoms with Gasteiger partial charge in [0.1, 0.15) is 11.9 Å². The van der Waals surface area contributed by atoms with Crippen molar-refractivity contribution in [2.24, 2.45) is 0 Å². The van der Waals surface area contributed by atoms with Crippen molar-refractivity contribution < 1.29 is 23.7 Å². The van der Waals surface area contributed by atoms with E-state index in [1.807, 2.05) is 35.2 Å². The molecule has 4 saturated heterocycles. The summed E-state index contributed by atoms with van der Waals surface area (Å²) in [6.45, 7) is 3.93. The fourth-order valence-corrected chi connectivity index (χ4v) is 5.50. The molecule has 5 aliphatic rings. The van der Waals surface area contributed by atoms with E-state index in [0.717, 1.165) is 43.7 Å². The van der Waals surface area contributed by atoms with Gasteiger partial charge in [0.05, 0.1) is 12.2 Å². The van der Waals surface area contributed by atoms with E-state index in [-0.39, 0.29) is 18.6 Å². The number of amides is 1. The molecule has 208 valence electrons. The van der Waals surface area contributed by atoms with E-state index in [1.54, 1.807) is 0 Å². The Hall–Kier alpha value is -3.77. The summed E-state index contributed by atoms with van der Waals surface area (Å²) in [6.07, 6.45) is 2.57. The number of nitrogens with zero attached hydrogens (tertiary/aromatic N) is 3. The molecule has 5 aliphatic heterocycles. The number of piperidine rings is 1. The zero-order chi connectivity index (χ0) is 26.9. The predicted molar refractivity (Wildman–Crippen MR) is 147 cm³/mol. The number of fused-ring (bicyclic) bond motifs is 2. The van der Waals surface area contributed by atoms with Crippen LogP contribution in [0.3, 0.4) is 0 Å². The summed E-state index contributed by atoms with van der Waals surface area (Å²) in [7, 11) is 0. The number of hydrogen-bond donors (Lipinski definition) is 3. The quantitative estimate of drug-likeness (QED) is 0.347. The molecule has 0 saturated carbocycles. The molecule has 3 N–H and O–H groups in total. The summed E-state index contributed by atoms with van der Waals surface area (Å²) in [5.41, 5.74) is 3.13. The van der Waals surface area contributed by atoms with Crippen molar-refractivity contribution in [1.82, 2.24) is 20.6 Å². The van der Waals surface area contributed by atoms with E-state index < -0.39 is 12.2 Å². The van der Waals surface area contributed by atoms with Crippen LogP contribution in [0, 0.1) is 0 Å². The number of anilines is 2. The summed E-state index contributed by atoms with van der Waals surface area (Å²) < 4.78 is 23.6. The van der Waals surface area contributed by atoms with Gasteiger partial charge in [-0.1, -0.05) is 24.3 Å². The molecule has 0 radical (unpaired) electrons. The maximum atomic E-state index is 11.6. The van der Waals surface area contributed by atoms with Crippen LogP contribution in [0.25, 0.3) is 11.3 Å². The first kappa shape index (κ1) is 25.2. The van der Waals surface area contributed by atoms with Crippen molar-refractivity contribution in [1.29, 1.82) is 0 Å². The molecule has 1 atom stereocenters. The van der Waals surface area contributed by atoms with Gasteiger partial charge < -0.3 is 39.8 Å². The number of benzene rings is 1. The van der Waals surface area contributed by atoms with Crippen molar-refractivity contribution in [3.8, 4) is 22.9 Å². The van der Waals surface area contributed by atoms with E-state index in [0.29, 0.717) is 42.8 Å².